The third-order valence-corrected chi connectivity index (χ3v) is 3.88. The molecule has 0 saturated heterocycles. The number of carbonyl (C=O) groups excluding carboxylic acids is 3. The summed E-state index contributed by atoms with van der Waals surface area (Å²) in [5.41, 5.74) is -1.84. The second-order valence-electron chi connectivity index (χ2n) is 7.52. The van der Waals surface area contributed by atoms with Crippen molar-refractivity contribution in [1.29, 1.82) is 0 Å². The summed E-state index contributed by atoms with van der Waals surface area (Å²) >= 11 is 0. The van der Waals surface area contributed by atoms with Crippen molar-refractivity contribution >= 4 is 18.0 Å². The SMILES string of the molecule is COC(=O)[C@@H](C)N(C(=O)Cn1cc(C)c(=O)[nH]c1=O)C(C)NC(=O)OC(C)(C)C. The Kier molecular flexibility index (Phi) is 7.75. The zero-order chi connectivity index (χ0) is 22.5. The number of ether oxygens (including phenoxy) is 2. The van der Waals surface area contributed by atoms with Crippen LogP contribution in [0, 0.1) is 6.92 Å². The minimum atomic E-state index is -1.06. The molecule has 11 nitrogen and oxygen atoms in total. The van der Waals surface area contributed by atoms with Crippen molar-refractivity contribution < 1.29 is 23.9 Å². The van der Waals surface area contributed by atoms with Gasteiger partial charge in [-0.3, -0.25) is 19.1 Å². The van der Waals surface area contributed by atoms with Crippen LogP contribution < -0.4 is 16.6 Å². The van der Waals surface area contributed by atoms with Crippen molar-refractivity contribution in [2.75, 3.05) is 7.11 Å². The number of H-pyrrole nitrogens is 1. The molecule has 0 aliphatic heterocycles. The van der Waals surface area contributed by atoms with Crippen LogP contribution in [0.15, 0.2) is 15.8 Å². The Morgan fingerprint density at radius 2 is 1.83 bits per heavy atom. The maximum Gasteiger partial charge on any atom is 0.409 e. The van der Waals surface area contributed by atoms with Gasteiger partial charge in [0, 0.05) is 11.8 Å². The van der Waals surface area contributed by atoms with Crippen molar-refractivity contribution in [1.82, 2.24) is 19.8 Å². The van der Waals surface area contributed by atoms with Crippen molar-refractivity contribution in [3.8, 4) is 0 Å². The highest BCUT2D eigenvalue weighted by Gasteiger charge is 2.32. The first-order valence-corrected chi connectivity index (χ1v) is 8.95. The van der Waals surface area contributed by atoms with Gasteiger partial charge < -0.3 is 19.7 Å². The van der Waals surface area contributed by atoms with Crippen molar-refractivity contribution in [3.05, 3.63) is 32.6 Å². The van der Waals surface area contributed by atoms with E-state index in [9.17, 15) is 24.0 Å². The maximum atomic E-state index is 12.9. The highest BCUT2D eigenvalue weighted by Crippen LogP contribution is 2.11. The molecule has 0 aromatic carbocycles. The molecule has 0 saturated carbocycles. The normalized spacial score (nSPS) is 13.2. The third-order valence-electron chi connectivity index (χ3n) is 3.88. The molecule has 2 N–H and O–H groups in total. The van der Waals surface area contributed by atoms with E-state index in [1.165, 1.54) is 34.1 Å². The number of carbonyl (C=O) groups is 3. The molecule has 1 rings (SSSR count). The van der Waals surface area contributed by atoms with Crippen molar-refractivity contribution in [3.63, 3.8) is 0 Å². The molecule has 1 aromatic rings. The van der Waals surface area contributed by atoms with Gasteiger partial charge in [0.2, 0.25) is 5.91 Å². The van der Waals surface area contributed by atoms with E-state index in [0.717, 1.165) is 9.47 Å². The number of aromatic amines is 1. The lowest BCUT2D eigenvalue weighted by atomic mass is 10.2. The fourth-order valence-electron chi connectivity index (χ4n) is 2.56. The van der Waals surface area contributed by atoms with Gasteiger partial charge in [0.05, 0.1) is 7.11 Å². The molecule has 2 amide bonds. The summed E-state index contributed by atoms with van der Waals surface area (Å²) in [5.74, 6) is -1.36. The summed E-state index contributed by atoms with van der Waals surface area (Å²) in [5, 5.41) is 2.49. The number of nitrogens with zero attached hydrogens (tertiary/aromatic N) is 2. The van der Waals surface area contributed by atoms with Gasteiger partial charge in [0.25, 0.3) is 5.56 Å². The fraction of sp³-hybridized carbons (Fsp3) is 0.611. The van der Waals surface area contributed by atoms with Gasteiger partial charge >= 0.3 is 17.8 Å². The molecule has 0 aliphatic carbocycles. The van der Waals surface area contributed by atoms with Crippen LogP contribution >= 0.6 is 0 Å². The second-order valence-corrected chi connectivity index (χ2v) is 7.52. The summed E-state index contributed by atoms with van der Waals surface area (Å²) in [4.78, 5) is 63.6. The molecular weight excluding hydrogens is 384 g/mol. The molecular formula is C18H28N4O7. The van der Waals surface area contributed by atoms with E-state index >= 15 is 0 Å². The largest absolute Gasteiger partial charge is 0.467 e. The zero-order valence-electron chi connectivity index (χ0n) is 17.7. The minimum Gasteiger partial charge on any atom is -0.467 e. The van der Waals surface area contributed by atoms with Gasteiger partial charge in [-0.2, -0.15) is 0 Å². The van der Waals surface area contributed by atoms with E-state index in [1.807, 2.05) is 0 Å². The topological polar surface area (TPSA) is 140 Å². The van der Waals surface area contributed by atoms with Crippen LogP contribution in [0.5, 0.6) is 0 Å². The minimum absolute atomic E-state index is 0.241. The number of aryl methyl sites for hydroxylation is 1. The van der Waals surface area contributed by atoms with Crippen molar-refractivity contribution in [2.45, 2.75) is 65.9 Å². The highest BCUT2D eigenvalue weighted by molar-refractivity contribution is 5.84. The number of nitrogens with one attached hydrogen (secondary N) is 2. The first-order chi connectivity index (χ1) is 13.3. The standard InChI is InChI=1S/C18H28N4O7/c1-10-8-21(16(26)20-14(10)24)9-13(23)22(11(2)15(25)28-7)12(3)19-17(27)29-18(4,5)6/h8,11-12H,9H2,1-7H3,(H,19,27)(H,20,24,26)/t11-,12?/m1/s1. The lowest BCUT2D eigenvalue weighted by Crippen LogP contribution is -2.57. The van der Waals surface area contributed by atoms with Gasteiger partial charge in [-0.25, -0.2) is 14.4 Å². The quantitative estimate of drug-likeness (QED) is 0.499. The average Bonchev–Trinajstić information content (AvgIpc) is 2.57. The summed E-state index contributed by atoms with van der Waals surface area (Å²) in [6, 6.07) is -1.06. The number of hydrogen-bond donors (Lipinski definition) is 2. The Hall–Kier alpha value is -3.11. The molecule has 0 aliphatic rings. The fourth-order valence-corrected chi connectivity index (χ4v) is 2.56. The van der Waals surface area contributed by atoms with E-state index in [1.54, 1.807) is 20.8 Å². The maximum absolute atomic E-state index is 12.9. The third kappa shape index (κ3) is 6.77. The number of amides is 2. The Bertz CT molecular complexity index is 881. The summed E-state index contributed by atoms with van der Waals surface area (Å²) in [7, 11) is 1.17. The smallest absolute Gasteiger partial charge is 0.409 e. The van der Waals surface area contributed by atoms with Crippen molar-refractivity contribution in [2.24, 2.45) is 0 Å². The molecule has 0 fully saturated rings. The molecule has 162 valence electrons. The summed E-state index contributed by atoms with van der Waals surface area (Å²) in [6.07, 6.45) is -0.491. The number of hydrogen-bond acceptors (Lipinski definition) is 7. The van der Waals surface area contributed by atoms with Crippen LogP contribution in [0.2, 0.25) is 0 Å². The monoisotopic (exact) mass is 412 g/mol. The lowest BCUT2D eigenvalue weighted by molar-refractivity contribution is -0.154. The molecule has 0 radical (unpaired) electrons. The predicted molar refractivity (Wildman–Crippen MR) is 103 cm³/mol. The molecule has 29 heavy (non-hydrogen) atoms. The van der Waals surface area contributed by atoms with Crippen LogP contribution in [0.25, 0.3) is 0 Å². The van der Waals surface area contributed by atoms with Crippen LogP contribution in [-0.2, 0) is 25.6 Å². The zero-order valence-corrected chi connectivity index (χ0v) is 17.7. The number of esters is 1. The molecule has 11 heteroatoms. The molecule has 0 spiro atoms. The second kappa shape index (κ2) is 9.39. The van der Waals surface area contributed by atoms with Gasteiger partial charge in [-0.05, 0) is 41.5 Å². The van der Waals surface area contributed by atoms with Gasteiger partial charge in [-0.15, -0.1) is 0 Å². The number of aromatic nitrogens is 2. The Morgan fingerprint density at radius 1 is 1.24 bits per heavy atom. The van der Waals surface area contributed by atoms with E-state index < -0.39 is 53.6 Å². The van der Waals surface area contributed by atoms with Gasteiger partial charge in [-0.1, -0.05) is 0 Å². The van der Waals surface area contributed by atoms with E-state index in [2.05, 4.69) is 10.3 Å². The molecule has 1 heterocycles. The predicted octanol–water partition coefficient (Wildman–Crippen LogP) is 0.106. The Balaban J connectivity index is 3.14. The Morgan fingerprint density at radius 3 is 2.34 bits per heavy atom. The first kappa shape index (κ1) is 23.9. The summed E-state index contributed by atoms with van der Waals surface area (Å²) in [6.45, 7) is 8.99. The average molecular weight is 412 g/mol. The number of alkyl carbamates (subject to hydrolysis) is 1. The summed E-state index contributed by atoms with van der Waals surface area (Å²) < 4.78 is 10.9. The molecule has 0 bridgehead atoms. The Labute approximate surface area is 168 Å². The molecule has 1 unspecified atom stereocenters. The molecule has 2 atom stereocenters. The number of rotatable bonds is 6. The van der Waals surface area contributed by atoms with Crippen LogP contribution in [0.4, 0.5) is 4.79 Å². The lowest BCUT2D eigenvalue weighted by Gasteiger charge is -2.34. The van der Waals surface area contributed by atoms with Crippen LogP contribution in [0.3, 0.4) is 0 Å². The van der Waals surface area contributed by atoms with Gasteiger partial charge in [0.15, 0.2) is 0 Å². The molecule has 1 aromatic heterocycles. The van der Waals surface area contributed by atoms with Gasteiger partial charge in [0.1, 0.15) is 24.4 Å². The first-order valence-electron chi connectivity index (χ1n) is 8.95. The van der Waals surface area contributed by atoms with E-state index in [0.29, 0.717) is 0 Å². The number of methoxy groups -OCH3 is 1. The van der Waals surface area contributed by atoms with Crippen LogP contribution in [0.1, 0.15) is 40.2 Å². The van der Waals surface area contributed by atoms with E-state index in [-0.39, 0.29) is 5.56 Å². The van der Waals surface area contributed by atoms with E-state index in [4.69, 9.17) is 9.47 Å². The van der Waals surface area contributed by atoms with Crippen LogP contribution in [-0.4, -0.2) is 57.3 Å². The highest BCUT2D eigenvalue weighted by atomic mass is 16.6.